The summed E-state index contributed by atoms with van der Waals surface area (Å²) in [5.41, 5.74) is 1.71. The maximum Gasteiger partial charge on any atom is 0.156 e. The van der Waals surface area contributed by atoms with Gasteiger partial charge in [-0.15, -0.1) is 0 Å². The number of halogens is 4. The molecule has 0 amide bonds. The third-order valence-electron chi connectivity index (χ3n) is 2.68. The largest absolute Gasteiger partial charge is 0.493 e. The van der Waals surface area contributed by atoms with Crippen LogP contribution in [0.15, 0.2) is 39.3 Å². The Kier molecular flexibility index (Phi) is 5.29. The van der Waals surface area contributed by atoms with Crippen LogP contribution in [0, 0.1) is 5.82 Å². The number of anilines is 1. The van der Waals surface area contributed by atoms with Gasteiger partial charge in [-0.05, 0) is 61.7 Å². The Morgan fingerprint density at radius 2 is 1.95 bits per heavy atom. The van der Waals surface area contributed by atoms with E-state index < -0.39 is 0 Å². The van der Waals surface area contributed by atoms with Gasteiger partial charge in [0.05, 0.1) is 21.7 Å². The minimum atomic E-state index is -0.281. The van der Waals surface area contributed by atoms with Gasteiger partial charge in [0.2, 0.25) is 0 Å². The SMILES string of the molecule is COc1c(Br)cc(Cl)cc1NCc1ccc(F)c(Br)c1. The second kappa shape index (κ2) is 6.78. The molecule has 0 heterocycles. The average Bonchev–Trinajstić information content (AvgIpc) is 2.39. The summed E-state index contributed by atoms with van der Waals surface area (Å²) >= 11 is 12.6. The highest BCUT2D eigenvalue weighted by molar-refractivity contribution is 9.10. The molecule has 0 aliphatic rings. The molecule has 0 unspecified atom stereocenters. The number of benzene rings is 2. The molecule has 6 heteroatoms. The summed E-state index contributed by atoms with van der Waals surface area (Å²) in [5.74, 6) is 0.396. The van der Waals surface area contributed by atoms with E-state index in [0.717, 1.165) is 15.7 Å². The number of nitrogens with one attached hydrogen (secondary N) is 1. The number of hydrogen-bond donors (Lipinski definition) is 1. The van der Waals surface area contributed by atoms with Gasteiger partial charge < -0.3 is 10.1 Å². The zero-order valence-corrected chi connectivity index (χ0v) is 14.4. The van der Waals surface area contributed by atoms with Crippen LogP contribution in [-0.4, -0.2) is 7.11 Å². The number of rotatable bonds is 4. The van der Waals surface area contributed by atoms with Crippen molar-refractivity contribution < 1.29 is 9.13 Å². The molecule has 0 spiro atoms. The van der Waals surface area contributed by atoms with Gasteiger partial charge in [-0.1, -0.05) is 17.7 Å². The fraction of sp³-hybridized carbons (Fsp3) is 0.143. The van der Waals surface area contributed by atoms with Crippen LogP contribution in [0.2, 0.25) is 5.02 Å². The van der Waals surface area contributed by atoms with E-state index in [1.807, 2.05) is 0 Å². The van der Waals surface area contributed by atoms with Crippen molar-refractivity contribution in [2.75, 3.05) is 12.4 Å². The van der Waals surface area contributed by atoms with Gasteiger partial charge in [0.1, 0.15) is 5.82 Å². The molecule has 2 aromatic rings. The lowest BCUT2D eigenvalue weighted by atomic mass is 10.2. The fourth-order valence-electron chi connectivity index (χ4n) is 1.75. The van der Waals surface area contributed by atoms with Crippen LogP contribution in [-0.2, 0) is 6.54 Å². The third kappa shape index (κ3) is 3.65. The van der Waals surface area contributed by atoms with E-state index in [1.54, 1.807) is 31.4 Å². The van der Waals surface area contributed by atoms with Gasteiger partial charge in [-0.3, -0.25) is 0 Å². The highest BCUT2D eigenvalue weighted by Crippen LogP contribution is 2.36. The minimum Gasteiger partial charge on any atom is -0.493 e. The lowest BCUT2D eigenvalue weighted by Crippen LogP contribution is -2.02. The standard InChI is InChI=1S/C14H11Br2ClFNO/c1-20-14-11(16)5-9(17)6-13(14)19-7-8-2-3-12(18)10(15)4-8/h2-6,19H,7H2,1H3. The van der Waals surface area contributed by atoms with Crippen LogP contribution < -0.4 is 10.1 Å². The molecule has 2 nitrogen and oxygen atoms in total. The molecule has 0 aromatic heterocycles. The Labute approximate surface area is 138 Å². The van der Waals surface area contributed by atoms with Gasteiger partial charge in [0.25, 0.3) is 0 Å². The Bertz CT molecular complexity index is 637. The van der Waals surface area contributed by atoms with Crippen molar-refractivity contribution >= 4 is 49.1 Å². The summed E-state index contributed by atoms with van der Waals surface area (Å²) in [7, 11) is 1.59. The Morgan fingerprint density at radius 1 is 1.20 bits per heavy atom. The van der Waals surface area contributed by atoms with Gasteiger partial charge >= 0.3 is 0 Å². The number of hydrogen-bond acceptors (Lipinski definition) is 2. The normalized spacial score (nSPS) is 10.4. The van der Waals surface area contributed by atoms with E-state index in [4.69, 9.17) is 16.3 Å². The molecule has 0 aliphatic heterocycles. The van der Waals surface area contributed by atoms with E-state index in [2.05, 4.69) is 37.2 Å². The maximum atomic E-state index is 13.2. The summed E-state index contributed by atoms with van der Waals surface area (Å²) in [5, 5.41) is 3.82. The first-order chi connectivity index (χ1) is 9.51. The first-order valence-electron chi connectivity index (χ1n) is 5.72. The first-order valence-corrected chi connectivity index (χ1v) is 7.68. The Balaban J connectivity index is 2.20. The summed E-state index contributed by atoms with van der Waals surface area (Å²) in [4.78, 5) is 0. The second-order valence-corrected chi connectivity index (χ2v) is 6.22. The van der Waals surface area contributed by atoms with Crippen LogP contribution >= 0.6 is 43.5 Å². The molecule has 20 heavy (non-hydrogen) atoms. The molecule has 2 rings (SSSR count). The summed E-state index contributed by atoms with van der Waals surface area (Å²) in [6.45, 7) is 0.530. The quantitative estimate of drug-likeness (QED) is 0.689. The van der Waals surface area contributed by atoms with Crippen molar-refractivity contribution in [1.82, 2.24) is 0 Å². The second-order valence-electron chi connectivity index (χ2n) is 4.07. The average molecular weight is 424 g/mol. The van der Waals surface area contributed by atoms with Gasteiger partial charge in [0, 0.05) is 11.6 Å². The Hall–Kier alpha value is -0.780. The minimum absolute atomic E-state index is 0.281. The lowest BCUT2D eigenvalue weighted by Gasteiger charge is -2.13. The predicted octanol–water partition coefficient (Wildman–Crippen LogP) is 5.62. The van der Waals surface area contributed by atoms with Crippen LogP contribution in [0.25, 0.3) is 0 Å². The van der Waals surface area contributed by atoms with Gasteiger partial charge in [0.15, 0.2) is 5.75 Å². The zero-order valence-electron chi connectivity index (χ0n) is 10.5. The molecular weight excluding hydrogens is 412 g/mol. The van der Waals surface area contributed by atoms with Crippen LogP contribution in [0.3, 0.4) is 0 Å². The van der Waals surface area contributed by atoms with E-state index >= 15 is 0 Å². The predicted molar refractivity (Wildman–Crippen MR) is 87.1 cm³/mol. The van der Waals surface area contributed by atoms with Gasteiger partial charge in [-0.2, -0.15) is 0 Å². The molecule has 0 fully saturated rings. The number of ether oxygens (including phenoxy) is 1. The molecule has 1 N–H and O–H groups in total. The molecule has 0 radical (unpaired) electrons. The van der Waals surface area contributed by atoms with E-state index in [9.17, 15) is 4.39 Å². The molecule has 106 valence electrons. The summed E-state index contributed by atoms with van der Waals surface area (Å²) < 4.78 is 19.7. The van der Waals surface area contributed by atoms with Crippen LogP contribution in [0.4, 0.5) is 10.1 Å². The fourth-order valence-corrected chi connectivity index (χ4v) is 3.14. The van der Waals surface area contributed by atoms with Crippen LogP contribution in [0.1, 0.15) is 5.56 Å². The van der Waals surface area contributed by atoms with Crippen molar-refractivity contribution in [2.45, 2.75) is 6.54 Å². The molecule has 2 aromatic carbocycles. The Morgan fingerprint density at radius 3 is 2.60 bits per heavy atom. The van der Waals surface area contributed by atoms with Crippen molar-refractivity contribution in [3.05, 3.63) is 55.7 Å². The van der Waals surface area contributed by atoms with Crippen molar-refractivity contribution in [3.8, 4) is 5.75 Å². The number of methoxy groups -OCH3 is 1. The smallest absolute Gasteiger partial charge is 0.156 e. The van der Waals surface area contributed by atoms with Gasteiger partial charge in [-0.25, -0.2) is 4.39 Å². The zero-order chi connectivity index (χ0) is 14.7. The monoisotopic (exact) mass is 421 g/mol. The topological polar surface area (TPSA) is 21.3 Å². The van der Waals surface area contributed by atoms with Crippen molar-refractivity contribution in [3.63, 3.8) is 0 Å². The molecule has 0 bridgehead atoms. The van der Waals surface area contributed by atoms with E-state index in [1.165, 1.54) is 6.07 Å². The van der Waals surface area contributed by atoms with Crippen molar-refractivity contribution in [1.29, 1.82) is 0 Å². The highest BCUT2D eigenvalue weighted by Gasteiger charge is 2.09. The van der Waals surface area contributed by atoms with E-state index in [-0.39, 0.29) is 5.82 Å². The summed E-state index contributed by atoms with van der Waals surface area (Å²) in [6.07, 6.45) is 0. The first kappa shape index (κ1) is 15.6. The highest BCUT2D eigenvalue weighted by atomic mass is 79.9. The summed E-state index contributed by atoms with van der Waals surface area (Å²) in [6, 6.07) is 8.42. The molecule has 0 aliphatic carbocycles. The molecule has 0 saturated heterocycles. The maximum absolute atomic E-state index is 13.2. The third-order valence-corrected chi connectivity index (χ3v) is 4.09. The lowest BCUT2D eigenvalue weighted by molar-refractivity contribution is 0.414. The van der Waals surface area contributed by atoms with E-state index in [0.29, 0.717) is 21.8 Å². The van der Waals surface area contributed by atoms with Crippen molar-refractivity contribution in [2.24, 2.45) is 0 Å². The van der Waals surface area contributed by atoms with Crippen LogP contribution in [0.5, 0.6) is 5.75 Å². The molecular formula is C14H11Br2ClFNO. The molecule has 0 atom stereocenters. The molecule has 0 saturated carbocycles.